The first-order chi connectivity index (χ1) is 9.93. The van der Waals surface area contributed by atoms with Crippen molar-refractivity contribution in [1.82, 2.24) is 5.32 Å². The fraction of sp³-hybridized carbons (Fsp3) is 0.667. The van der Waals surface area contributed by atoms with Gasteiger partial charge in [-0.15, -0.1) is 0 Å². The molecule has 0 aliphatic rings. The van der Waals surface area contributed by atoms with Crippen molar-refractivity contribution in [2.45, 2.75) is 52.7 Å². The molecule has 3 heteroatoms. The Morgan fingerprint density at radius 3 is 2.14 bits per heavy atom. The number of aliphatic hydroxyl groups is 2. The van der Waals surface area contributed by atoms with Crippen molar-refractivity contribution < 1.29 is 10.2 Å². The van der Waals surface area contributed by atoms with Gasteiger partial charge in [-0.3, -0.25) is 0 Å². The monoisotopic (exact) mass is 293 g/mol. The van der Waals surface area contributed by atoms with E-state index in [1.54, 1.807) is 0 Å². The van der Waals surface area contributed by atoms with Crippen LogP contribution in [0, 0.1) is 11.8 Å². The van der Waals surface area contributed by atoms with E-state index < -0.39 is 6.10 Å². The van der Waals surface area contributed by atoms with Gasteiger partial charge in [0.1, 0.15) is 0 Å². The second-order valence-corrected chi connectivity index (χ2v) is 6.63. The molecule has 0 radical (unpaired) electrons. The van der Waals surface area contributed by atoms with Gasteiger partial charge in [0.15, 0.2) is 0 Å². The predicted molar refractivity (Wildman–Crippen MR) is 88.3 cm³/mol. The zero-order valence-electron chi connectivity index (χ0n) is 13.8. The molecule has 1 aromatic rings. The number of hydrogen-bond acceptors (Lipinski definition) is 3. The van der Waals surface area contributed by atoms with Gasteiger partial charge in [-0.25, -0.2) is 0 Å². The van der Waals surface area contributed by atoms with Crippen LogP contribution in [0.1, 0.15) is 51.3 Å². The number of nitrogens with one attached hydrogen (secondary N) is 1. The Bertz CT molecular complexity index is 387. The zero-order valence-corrected chi connectivity index (χ0v) is 13.8. The van der Waals surface area contributed by atoms with E-state index in [2.05, 4.69) is 45.1 Å². The van der Waals surface area contributed by atoms with E-state index in [1.165, 1.54) is 5.56 Å². The number of benzene rings is 1. The smallest absolute Gasteiger partial charge is 0.0914 e. The van der Waals surface area contributed by atoms with E-state index in [0.717, 1.165) is 18.4 Å². The van der Waals surface area contributed by atoms with Crippen LogP contribution in [0.3, 0.4) is 0 Å². The van der Waals surface area contributed by atoms with Crippen LogP contribution in [0.2, 0.25) is 0 Å². The third kappa shape index (κ3) is 6.60. The van der Waals surface area contributed by atoms with E-state index in [0.29, 0.717) is 18.4 Å². The second kappa shape index (κ2) is 9.19. The fourth-order valence-corrected chi connectivity index (χ4v) is 2.54. The summed E-state index contributed by atoms with van der Waals surface area (Å²) in [5, 5.41) is 22.7. The highest BCUT2D eigenvalue weighted by atomic mass is 16.3. The van der Waals surface area contributed by atoms with Gasteiger partial charge in [-0.1, -0.05) is 52.0 Å². The van der Waals surface area contributed by atoms with E-state index in [4.69, 9.17) is 5.11 Å². The lowest BCUT2D eigenvalue weighted by molar-refractivity contribution is 0.159. The highest BCUT2D eigenvalue weighted by Gasteiger charge is 2.15. The minimum Gasteiger partial charge on any atom is -0.396 e. The van der Waals surface area contributed by atoms with Crippen LogP contribution in [0.4, 0.5) is 0 Å². The zero-order chi connectivity index (χ0) is 15.8. The van der Waals surface area contributed by atoms with Crippen LogP contribution in [-0.2, 0) is 6.42 Å². The molecule has 2 unspecified atom stereocenters. The molecular formula is C18H31NO2. The molecule has 1 aromatic carbocycles. The molecule has 2 atom stereocenters. The van der Waals surface area contributed by atoms with Crippen molar-refractivity contribution in [2.75, 3.05) is 13.2 Å². The molecule has 120 valence electrons. The number of rotatable bonds is 9. The standard InChI is InChI=1S/C18H31NO2/c1-13(2)11-15-5-7-16(8-6-15)18(21)12-19-17(9-10-20)14(3)4/h5-8,13-14,17-21H,9-12H2,1-4H3. The number of hydrogen-bond donors (Lipinski definition) is 3. The van der Waals surface area contributed by atoms with Gasteiger partial charge in [0.05, 0.1) is 6.10 Å². The average molecular weight is 293 g/mol. The van der Waals surface area contributed by atoms with E-state index in [9.17, 15) is 5.11 Å². The summed E-state index contributed by atoms with van der Waals surface area (Å²) in [6.07, 6.45) is 1.29. The maximum Gasteiger partial charge on any atom is 0.0914 e. The van der Waals surface area contributed by atoms with Crippen molar-refractivity contribution in [3.63, 3.8) is 0 Å². The third-order valence-corrected chi connectivity index (χ3v) is 3.83. The molecule has 0 saturated carbocycles. The Kier molecular flexibility index (Phi) is 7.94. The molecule has 21 heavy (non-hydrogen) atoms. The molecule has 0 spiro atoms. The first-order valence-corrected chi connectivity index (χ1v) is 8.05. The normalized spacial score (nSPS) is 14.7. The molecule has 3 nitrogen and oxygen atoms in total. The van der Waals surface area contributed by atoms with Gasteiger partial charge in [-0.05, 0) is 35.8 Å². The molecule has 0 amide bonds. The summed E-state index contributed by atoms with van der Waals surface area (Å²) in [4.78, 5) is 0. The van der Waals surface area contributed by atoms with Crippen molar-refractivity contribution in [3.05, 3.63) is 35.4 Å². The number of aliphatic hydroxyl groups excluding tert-OH is 2. The third-order valence-electron chi connectivity index (χ3n) is 3.83. The molecule has 0 bridgehead atoms. The van der Waals surface area contributed by atoms with Crippen LogP contribution < -0.4 is 5.32 Å². The van der Waals surface area contributed by atoms with Gasteiger partial charge in [0.25, 0.3) is 0 Å². The highest BCUT2D eigenvalue weighted by molar-refractivity contribution is 5.24. The molecule has 0 aromatic heterocycles. The Morgan fingerprint density at radius 1 is 1.05 bits per heavy atom. The Hall–Kier alpha value is -0.900. The molecule has 1 rings (SSSR count). The van der Waals surface area contributed by atoms with Crippen LogP contribution in [-0.4, -0.2) is 29.4 Å². The molecule has 0 fully saturated rings. The van der Waals surface area contributed by atoms with Gasteiger partial charge in [-0.2, -0.15) is 0 Å². The van der Waals surface area contributed by atoms with Gasteiger partial charge in [0, 0.05) is 19.2 Å². The minimum atomic E-state index is -0.502. The van der Waals surface area contributed by atoms with Crippen molar-refractivity contribution in [3.8, 4) is 0 Å². The molecule has 0 aliphatic carbocycles. The topological polar surface area (TPSA) is 52.5 Å². The van der Waals surface area contributed by atoms with Crippen LogP contribution in [0.15, 0.2) is 24.3 Å². The van der Waals surface area contributed by atoms with Gasteiger partial charge in [0.2, 0.25) is 0 Å². The van der Waals surface area contributed by atoms with E-state index in [-0.39, 0.29) is 12.6 Å². The summed E-state index contributed by atoms with van der Waals surface area (Å²) in [5.41, 5.74) is 2.26. The van der Waals surface area contributed by atoms with Crippen molar-refractivity contribution in [2.24, 2.45) is 11.8 Å². The summed E-state index contributed by atoms with van der Waals surface area (Å²) in [6.45, 7) is 9.36. The van der Waals surface area contributed by atoms with Crippen LogP contribution >= 0.6 is 0 Å². The predicted octanol–water partition coefficient (Wildman–Crippen LogP) is 2.92. The Balaban J connectivity index is 2.52. The van der Waals surface area contributed by atoms with Crippen molar-refractivity contribution in [1.29, 1.82) is 0 Å². The fourth-order valence-electron chi connectivity index (χ4n) is 2.54. The summed E-state index contributed by atoms with van der Waals surface area (Å²) in [6, 6.07) is 8.48. The van der Waals surface area contributed by atoms with E-state index >= 15 is 0 Å². The molecular weight excluding hydrogens is 262 g/mol. The first-order valence-electron chi connectivity index (χ1n) is 8.05. The second-order valence-electron chi connectivity index (χ2n) is 6.63. The SMILES string of the molecule is CC(C)Cc1ccc(C(O)CNC(CCO)C(C)C)cc1. The summed E-state index contributed by atoms with van der Waals surface area (Å²) < 4.78 is 0. The molecule has 0 saturated heterocycles. The lowest BCUT2D eigenvalue weighted by atomic mass is 9.99. The largest absolute Gasteiger partial charge is 0.396 e. The Morgan fingerprint density at radius 2 is 1.67 bits per heavy atom. The van der Waals surface area contributed by atoms with E-state index in [1.807, 2.05) is 12.1 Å². The molecule has 0 aliphatic heterocycles. The lowest BCUT2D eigenvalue weighted by Crippen LogP contribution is -2.37. The van der Waals surface area contributed by atoms with Crippen molar-refractivity contribution >= 4 is 0 Å². The van der Waals surface area contributed by atoms with Crippen LogP contribution in [0.25, 0.3) is 0 Å². The van der Waals surface area contributed by atoms with Gasteiger partial charge >= 0.3 is 0 Å². The minimum absolute atomic E-state index is 0.176. The van der Waals surface area contributed by atoms with Gasteiger partial charge < -0.3 is 15.5 Å². The maximum absolute atomic E-state index is 10.3. The first kappa shape index (κ1) is 18.1. The highest BCUT2D eigenvalue weighted by Crippen LogP contribution is 2.16. The molecule has 0 heterocycles. The summed E-state index contributed by atoms with van der Waals surface area (Å²) in [5.74, 6) is 1.09. The lowest BCUT2D eigenvalue weighted by Gasteiger charge is -2.23. The van der Waals surface area contributed by atoms with Crippen LogP contribution in [0.5, 0.6) is 0 Å². The Labute approximate surface area is 129 Å². The quantitative estimate of drug-likeness (QED) is 0.656. The summed E-state index contributed by atoms with van der Waals surface area (Å²) in [7, 11) is 0. The maximum atomic E-state index is 10.3. The average Bonchev–Trinajstić information content (AvgIpc) is 2.43. The summed E-state index contributed by atoms with van der Waals surface area (Å²) >= 11 is 0. The molecule has 3 N–H and O–H groups in total.